The third kappa shape index (κ3) is 3.15. The number of benzene rings is 2. The molecule has 2 rings (SSSR count). The van der Waals surface area contributed by atoms with E-state index in [1.807, 2.05) is 0 Å². The molecule has 0 amide bonds. The Kier molecular flexibility index (Phi) is 3.62. The lowest BCUT2D eigenvalue weighted by Crippen LogP contribution is -2.36. The fraction of sp³-hybridized carbons (Fsp3) is 0.200. The van der Waals surface area contributed by atoms with Crippen LogP contribution in [-0.2, 0) is 12.0 Å². The number of halogens is 3. The van der Waals surface area contributed by atoms with Crippen LogP contribution in [0.5, 0.6) is 0 Å². The SMILES string of the molecule is CC(N)(Cc1ccccc1F)c1cc(F)cc(F)c1. The molecule has 0 aliphatic rings. The van der Waals surface area contributed by atoms with Crippen LogP contribution in [0, 0.1) is 17.5 Å². The summed E-state index contributed by atoms with van der Waals surface area (Å²) < 4.78 is 40.0. The van der Waals surface area contributed by atoms with Gasteiger partial charge in [-0.3, -0.25) is 0 Å². The second kappa shape index (κ2) is 5.05. The molecule has 0 fully saturated rings. The maximum Gasteiger partial charge on any atom is 0.126 e. The zero-order valence-corrected chi connectivity index (χ0v) is 10.5. The molecule has 2 aromatic carbocycles. The first kappa shape index (κ1) is 13.6. The van der Waals surface area contributed by atoms with E-state index >= 15 is 0 Å². The van der Waals surface area contributed by atoms with Gasteiger partial charge in [0.25, 0.3) is 0 Å². The molecule has 0 aliphatic carbocycles. The number of rotatable bonds is 3. The maximum atomic E-state index is 13.6. The first-order chi connectivity index (χ1) is 8.88. The largest absolute Gasteiger partial charge is 0.321 e. The summed E-state index contributed by atoms with van der Waals surface area (Å²) >= 11 is 0. The average Bonchev–Trinajstić information content (AvgIpc) is 2.31. The highest BCUT2D eigenvalue weighted by Gasteiger charge is 2.24. The van der Waals surface area contributed by atoms with Gasteiger partial charge in [-0.25, -0.2) is 13.2 Å². The van der Waals surface area contributed by atoms with Gasteiger partial charge in [0, 0.05) is 11.6 Å². The van der Waals surface area contributed by atoms with Crippen molar-refractivity contribution in [2.45, 2.75) is 18.9 Å². The summed E-state index contributed by atoms with van der Waals surface area (Å²) in [7, 11) is 0. The van der Waals surface area contributed by atoms with Gasteiger partial charge in [0.05, 0.1) is 0 Å². The monoisotopic (exact) mass is 265 g/mol. The molecule has 2 aromatic rings. The molecule has 0 saturated heterocycles. The summed E-state index contributed by atoms with van der Waals surface area (Å²) in [6, 6.07) is 9.33. The van der Waals surface area contributed by atoms with E-state index in [1.54, 1.807) is 25.1 Å². The lowest BCUT2D eigenvalue weighted by atomic mass is 9.86. The molecule has 1 unspecified atom stereocenters. The van der Waals surface area contributed by atoms with Crippen LogP contribution < -0.4 is 5.73 Å². The van der Waals surface area contributed by atoms with Crippen molar-refractivity contribution in [2.75, 3.05) is 0 Å². The van der Waals surface area contributed by atoms with Crippen LogP contribution in [0.1, 0.15) is 18.1 Å². The molecule has 0 radical (unpaired) electrons. The molecule has 0 heterocycles. The average molecular weight is 265 g/mol. The van der Waals surface area contributed by atoms with E-state index in [9.17, 15) is 13.2 Å². The van der Waals surface area contributed by atoms with Crippen molar-refractivity contribution in [3.8, 4) is 0 Å². The molecular formula is C15H14F3N. The lowest BCUT2D eigenvalue weighted by molar-refractivity contribution is 0.465. The maximum absolute atomic E-state index is 13.6. The van der Waals surface area contributed by atoms with E-state index in [4.69, 9.17) is 5.73 Å². The van der Waals surface area contributed by atoms with E-state index in [-0.39, 0.29) is 12.2 Å². The molecular weight excluding hydrogens is 251 g/mol. The Hall–Kier alpha value is -1.81. The van der Waals surface area contributed by atoms with Gasteiger partial charge in [-0.05, 0) is 42.7 Å². The van der Waals surface area contributed by atoms with Crippen LogP contribution in [-0.4, -0.2) is 0 Å². The lowest BCUT2D eigenvalue weighted by Gasteiger charge is -2.25. The zero-order valence-electron chi connectivity index (χ0n) is 10.5. The highest BCUT2D eigenvalue weighted by Crippen LogP contribution is 2.25. The summed E-state index contributed by atoms with van der Waals surface area (Å²) in [5.74, 6) is -1.77. The first-order valence-corrected chi connectivity index (χ1v) is 5.87. The van der Waals surface area contributed by atoms with Gasteiger partial charge in [-0.1, -0.05) is 18.2 Å². The number of hydrogen-bond donors (Lipinski definition) is 1. The summed E-state index contributed by atoms with van der Waals surface area (Å²) in [4.78, 5) is 0. The molecule has 0 bridgehead atoms. The summed E-state index contributed by atoms with van der Waals surface area (Å²) in [5, 5.41) is 0. The van der Waals surface area contributed by atoms with Crippen molar-refractivity contribution in [1.82, 2.24) is 0 Å². The van der Waals surface area contributed by atoms with Crippen LogP contribution in [0.3, 0.4) is 0 Å². The van der Waals surface area contributed by atoms with E-state index in [0.29, 0.717) is 11.1 Å². The molecule has 0 saturated carbocycles. The van der Waals surface area contributed by atoms with Crippen LogP contribution in [0.15, 0.2) is 42.5 Å². The van der Waals surface area contributed by atoms with Crippen molar-refractivity contribution >= 4 is 0 Å². The highest BCUT2D eigenvalue weighted by atomic mass is 19.1. The summed E-state index contributed by atoms with van der Waals surface area (Å²) in [6.07, 6.45) is 0.155. The molecule has 100 valence electrons. The van der Waals surface area contributed by atoms with Gasteiger partial charge in [0.2, 0.25) is 0 Å². The molecule has 1 atom stereocenters. The highest BCUT2D eigenvalue weighted by molar-refractivity contribution is 5.29. The molecule has 0 aromatic heterocycles. The second-order valence-electron chi connectivity index (χ2n) is 4.84. The second-order valence-corrected chi connectivity index (χ2v) is 4.84. The minimum Gasteiger partial charge on any atom is -0.321 e. The summed E-state index contributed by atoms with van der Waals surface area (Å²) in [6.45, 7) is 1.62. The smallest absolute Gasteiger partial charge is 0.126 e. The Balaban J connectivity index is 2.34. The molecule has 0 spiro atoms. The van der Waals surface area contributed by atoms with Crippen molar-refractivity contribution in [2.24, 2.45) is 5.73 Å². The fourth-order valence-electron chi connectivity index (χ4n) is 2.02. The molecule has 2 N–H and O–H groups in total. The number of hydrogen-bond acceptors (Lipinski definition) is 1. The van der Waals surface area contributed by atoms with Crippen LogP contribution >= 0.6 is 0 Å². The third-order valence-electron chi connectivity index (χ3n) is 3.04. The van der Waals surface area contributed by atoms with Crippen molar-refractivity contribution in [3.05, 3.63) is 71.0 Å². The number of nitrogens with two attached hydrogens (primary N) is 1. The van der Waals surface area contributed by atoms with E-state index in [1.165, 1.54) is 18.2 Å². The predicted octanol–water partition coefficient (Wildman–Crippen LogP) is 3.52. The van der Waals surface area contributed by atoms with Crippen molar-refractivity contribution < 1.29 is 13.2 Å². The quantitative estimate of drug-likeness (QED) is 0.902. The summed E-state index contributed by atoms with van der Waals surface area (Å²) in [5.41, 5.74) is 5.74. The molecule has 1 nitrogen and oxygen atoms in total. The van der Waals surface area contributed by atoms with Gasteiger partial charge >= 0.3 is 0 Å². The van der Waals surface area contributed by atoms with Gasteiger partial charge in [0.15, 0.2) is 0 Å². The molecule has 4 heteroatoms. The van der Waals surface area contributed by atoms with Crippen molar-refractivity contribution in [3.63, 3.8) is 0 Å². The van der Waals surface area contributed by atoms with Crippen LogP contribution in [0.25, 0.3) is 0 Å². The van der Waals surface area contributed by atoms with Gasteiger partial charge in [-0.15, -0.1) is 0 Å². The Bertz CT molecular complexity index is 573. The van der Waals surface area contributed by atoms with E-state index in [0.717, 1.165) is 6.07 Å². The minimum absolute atomic E-state index is 0.155. The predicted molar refractivity (Wildman–Crippen MR) is 68.0 cm³/mol. The topological polar surface area (TPSA) is 26.0 Å². The Morgan fingerprint density at radius 1 is 1.00 bits per heavy atom. The molecule has 0 aliphatic heterocycles. The van der Waals surface area contributed by atoms with Crippen LogP contribution in [0.2, 0.25) is 0 Å². The van der Waals surface area contributed by atoms with Crippen molar-refractivity contribution in [1.29, 1.82) is 0 Å². The normalized spacial score (nSPS) is 14.2. The fourth-order valence-corrected chi connectivity index (χ4v) is 2.02. The minimum atomic E-state index is -1.05. The zero-order chi connectivity index (χ0) is 14.0. The van der Waals surface area contributed by atoms with Gasteiger partial charge in [0.1, 0.15) is 17.5 Å². The van der Waals surface area contributed by atoms with E-state index < -0.39 is 17.2 Å². The van der Waals surface area contributed by atoms with E-state index in [2.05, 4.69) is 0 Å². The van der Waals surface area contributed by atoms with Gasteiger partial charge in [-0.2, -0.15) is 0 Å². The van der Waals surface area contributed by atoms with Crippen LogP contribution in [0.4, 0.5) is 13.2 Å². The Labute approximate surface area is 109 Å². The standard InChI is InChI=1S/C15H14F3N/c1-15(19,9-10-4-2-3-5-14(10)18)11-6-12(16)8-13(17)7-11/h2-8H,9,19H2,1H3. The first-order valence-electron chi connectivity index (χ1n) is 5.87. The molecule has 19 heavy (non-hydrogen) atoms. The Morgan fingerprint density at radius 3 is 2.16 bits per heavy atom. The Morgan fingerprint density at radius 2 is 1.58 bits per heavy atom. The van der Waals surface area contributed by atoms with Gasteiger partial charge < -0.3 is 5.73 Å². The third-order valence-corrected chi connectivity index (χ3v) is 3.04.